The summed E-state index contributed by atoms with van der Waals surface area (Å²) in [4.78, 5) is 0. The van der Waals surface area contributed by atoms with Crippen molar-refractivity contribution in [2.24, 2.45) is 0 Å². The zero-order valence-electron chi connectivity index (χ0n) is 13.0. The van der Waals surface area contributed by atoms with Crippen LogP contribution in [-0.2, 0) is 6.54 Å². The van der Waals surface area contributed by atoms with Crippen LogP contribution in [0.1, 0.15) is 19.4 Å². The number of hydrogen-bond acceptors (Lipinski definition) is 3. The van der Waals surface area contributed by atoms with Crippen LogP contribution in [0.3, 0.4) is 0 Å². The molecule has 0 radical (unpaired) electrons. The van der Waals surface area contributed by atoms with E-state index in [1.54, 1.807) is 0 Å². The smallest absolute Gasteiger partial charge is 0.174 e. The molecule has 124 valence electrons. The molecule has 0 aliphatic heterocycles. The van der Waals surface area contributed by atoms with E-state index in [1.807, 2.05) is 38.1 Å². The van der Waals surface area contributed by atoms with Crippen LogP contribution >= 0.6 is 50.1 Å². The van der Waals surface area contributed by atoms with Crippen molar-refractivity contribution in [2.45, 2.75) is 20.4 Å². The zero-order chi connectivity index (χ0) is 16.8. The summed E-state index contributed by atoms with van der Waals surface area (Å²) in [6.07, 6.45) is 0. The van der Waals surface area contributed by atoms with Crippen molar-refractivity contribution < 1.29 is 9.47 Å². The molecule has 0 saturated heterocycles. The van der Waals surface area contributed by atoms with Gasteiger partial charge in [-0.25, -0.2) is 0 Å². The van der Waals surface area contributed by atoms with E-state index in [2.05, 4.69) is 49.9 Å². The van der Waals surface area contributed by atoms with Gasteiger partial charge < -0.3 is 14.8 Å². The van der Waals surface area contributed by atoms with Crippen LogP contribution in [0.25, 0.3) is 0 Å². The molecule has 3 nitrogen and oxygen atoms in total. The number of hydrogen-bond donors (Lipinski definition) is 1. The summed E-state index contributed by atoms with van der Waals surface area (Å²) in [6, 6.07) is 9.93. The second kappa shape index (κ2) is 8.99. The van der Waals surface area contributed by atoms with Crippen molar-refractivity contribution in [2.75, 3.05) is 18.5 Å². The first-order chi connectivity index (χ1) is 11.0. The fraction of sp³-hybridized carbons (Fsp3) is 0.294. The Kier molecular flexibility index (Phi) is 7.30. The minimum atomic E-state index is 0.607. The molecule has 0 amide bonds. The second-order valence-electron chi connectivity index (χ2n) is 4.75. The standard InChI is InChI=1S/C17H18BrClINO2/c1-3-22-16-8-11(7-15(20)17(16)23-4-2)10-21-12-5-6-13(18)14(19)9-12/h5-9,21H,3-4,10H2,1-2H3. The Morgan fingerprint density at radius 3 is 2.52 bits per heavy atom. The summed E-state index contributed by atoms with van der Waals surface area (Å²) in [5.41, 5.74) is 2.10. The highest BCUT2D eigenvalue weighted by atomic mass is 127. The normalized spacial score (nSPS) is 10.5. The van der Waals surface area contributed by atoms with E-state index >= 15 is 0 Å². The van der Waals surface area contributed by atoms with Crippen molar-refractivity contribution in [1.29, 1.82) is 0 Å². The van der Waals surface area contributed by atoms with E-state index in [9.17, 15) is 0 Å². The molecule has 2 rings (SSSR count). The van der Waals surface area contributed by atoms with Crippen molar-refractivity contribution in [1.82, 2.24) is 0 Å². The third kappa shape index (κ3) is 5.16. The predicted molar refractivity (Wildman–Crippen MR) is 108 cm³/mol. The first-order valence-electron chi connectivity index (χ1n) is 7.32. The molecule has 0 atom stereocenters. The minimum Gasteiger partial charge on any atom is -0.490 e. The van der Waals surface area contributed by atoms with Gasteiger partial charge in [-0.2, -0.15) is 0 Å². The number of anilines is 1. The predicted octanol–water partition coefficient (Wildman–Crippen LogP) is 6.12. The van der Waals surface area contributed by atoms with E-state index in [0.29, 0.717) is 24.8 Å². The van der Waals surface area contributed by atoms with Gasteiger partial charge in [0.05, 0.1) is 21.8 Å². The monoisotopic (exact) mass is 509 g/mol. The Morgan fingerprint density at radius 2 is 1.87 bits per heavy atom. The maximum atomic E-state index is 6.12. The lowest BCUT2D eigenvalue weighted by molar-refractivity contribution is 0.286. The molecule has 0 aliphatic rings. The van der Waals surface area contributed by atoms with Gasteiger partial charge in [0.1, 0.15) is 0 Å². The van der Waals surface area contributed by atoms with Crippen LogP contribution in [0.15, 0.2) is 34.8 Å². The van der Waals surface area contributed by atoms with Gasteiger partial charge >= 0.3 is 0 Å². The highest BCUT2D eigenvalue weighted by molar-refractivity contribution is 14.1. The molecular weight excluding hydrogens is 492 g/mol. The molecule has 6 heteroatoms. The first kappa shape index (κ1) is 18.7. The highest BCUT2D eigenvalue weighted by Gasteiger charge is 2.12. The molecule has 0 aromatic heterocycles. The largest absolute Gasteiger partial charge is 0.490 e. The molecular formula is C17H18BrClINO2. The first-order valence-corrected chi connectivity index (χ1v) is 9.57. The summed E-state index contributed by atoms with van der Waals surface area (Å²) in [5, 5.41) is 4.06. The van der Waals surface area contributed by atoms with Crippen molar-refractivity contribution in [3.05, 3.63) is 49.0 Å². The van der Waals surface area contributed by atoms with Crippen LogP contribution in [-0.4, -0.2) is 13.2 Å². The SMILES string of the molecule is CCOc1cc(CNc2ccc(Br)c(Cl)c2)cc(I)c1OCC. The van der Waals surface area contributed by atoms with Crippen molar-refractivity contribution in [3.8, 4) is 11.5 Å². The van der Waals surface area contributed by atoms with E-state index in [0.717, 1.165) is 30.8 Å². The molecule has 2 aromatic rings. The maximum absolute atomic E-state index is 6.12. The van der Waals surface area contributed by atoms with Gasteiger partial charge in [-0.3, -0.25) is 0 Å². The Bertz CT molecular complexity index is 682. The number of ether oxygens (including phenoxy) is 2. The van der Waals surface area contributed by atoms with Gasteiger partial charge in [-0.15, -0.1) is 0 Å². The van der Waals surface area contributed by atoms with Crippen LogP contribution in [0, 0.1) is 3.57 Å². The lowest BCUT2D eigenvalue weighted by atomic mass is 10.2. The van der Waals surface area contributed by atoms with Gasteiger partial charge in [-0.1, -0.05) is 11.6 Å². The fourth-order valence-electron chi connectivity index (χ4n) is 2.08. The summed E-state index contributed by atoms with van der Waals surface area (Å²) in [6.45, 7) is 5.84. The Balaban J connectivity index is 2.17. The summed E-state index contributed by atoms with van der Waals surface area (Å²) >= 11 is 11.8. The second-order valence-corrected chi connectivity index (χ2v) is 7.18. The van der Waals surface area contributed by atoms with Gasteiger partial charge in [0.2, 0.25) is 0 Å². The lowest BCUT2D eigenvalue weighted by Gasteiger charge is -2.15. The quantitative estimate of drug-likeness (QED) is 0.456. The molecule has 0 fully saturated rings. The van der Waals surface area contributed by atoms with Crippen LogP contribution < -0.4 is 14.8 Å². The Labute approximate surface area is 164 Å². The zero-order valence-corrected chi connectivity index (χ0v) is 17.5. The van der Waals surface area contributed by atoms with E-state index in [4.69, 9.17) is 21.1 Å². The van der Waals surface area contributed by atoms with E-state index in [1.165, 1.54) is 0 Å². The Morgan fingerprint density at radius 1 is 1.13 bits per heavy atom. The summed E-state index contributed by atoms with van der Waals surface area (Å²) in [7, 11) is 0. The highest BCUT2D eigenvalue weighted by Crippen LogP contribution is 2.34. The fourth-order valence-corrected chi connectivity index (χ4v) is 3.33. The lowest BCUT2D eigenvalue weighted by Crippen LogP contribution is -2.04. The third-order valence-corrected chi connectivity index (χ3v) is 5.11. The summed E-state index contributed by atoms with van der Waals surface area (Å²) in [5.74, 6) is 1.59. The average molecular weight is 511 g/mol. The number of nitrogens with one attached hydrogen (secondary N) is 1. The molecule has 0 spiro atoms. The van der Waals surface area contributed by atoms with Gasteiger partial charge in [0.15, 0.2) is 11.5 Å². The van der Waals surface area contributed by atoms with Gasteiger partial charge in [-0.05, 0) is 88.3 Å². The molecule has 0 heterocycles. The van der Waals surface area contributed by atoms with Gasteiger partial charge in [0, 0.05) is 16.7 Å². The van der Waals surface area contributed by atoms with Crippen molar-refractivity contribution >= 4 is 55.8 Å². The summed E-state index contributed by atoms with van der Waals surface area (Å²) < 4.78 is 13.3. The van der Waals surface area contributed by atoms with E-state index < -0.39 is 0 Å². The Hall–Kier alpha value is -0.660. The van der Waals surface area contributed by atoms with E-state index in [-0.39, 0.29) is 0 Å². The molecule has 0 saturated carbocycles. The van der Waals surface area contributed by atoms with Gasteiger partial charge in [0.25, 0.3) is 0 Å². The molecule has 2 aromatic carbocycles. The van der Waals surface area contributed by atoms with Crippen LogP contribution in [0.4, 0.5) is 5.69 Å². The maximum Gasteiger partial charge on any atom is 0.174 e. The van der Waals surface area contributed by atoms with Crippen molar-refractivity contribution in [3.63, 3.8) is 0 Å². The topological polar surface area (TPSA) is 30.5 Å². The molecule has 23 heavy (non-hydrogen) atoms. The average Bonchev–Trinajstić information content (AvgIpc) is 2.52. The minimum absolute atomic E-state index is 0.607. The number of halogens is 3. The molecule has 0 aliphatic carbocycles. The molecule has 0 unspecified atom stereocenters. The third-order valence-electron chi connectivity index (χ3n) is 3.07. The molecule has 0 bridgehead atoms. The van der Waals surface area contributed by atoms with Crippen LogP contribution in [0.5, 0.6) is 11.5 Å². The number of benzene rings is 2. The van der Waals surface area contributed by atoms with Crippen LogP contribution in [0.2, 0.25) is 5.02 Å². The number of rotatable bonds is 7. The molecule has 1 N–H and O–H groups in total.